The van der Waals surface area contributed by atoms with E-state index < -0.39 is 0 Å². The molecule has 0 fully saturated rings. The molecule has 2 heterocycles. The van der Waals surface area contributed by atoms with Crippen molar-refractivity contribution in [3.05, 3.63) is 122 Å². The van der Waals surface area contributed by atoms with Gasteiger partial charge in [-0.2, -0.15) is 9.78 Å². The Morgan fingerprint density at radius 3 is 2.38 bits per heavy atom. The fraction of sp³-hybridized carbons (Fsp3) is 0.219. The Morgan fingerprint density at radius 1 is 0.974 bits per heavy atom. The van der Waals surface area contributed by atoms with Gasteiger partial charge in [0.25, 0.3) is 5.56 Å². The number of hydrogen-bond acceptors (Lipinski definition) is 4. The van der Waals surface area contributed by atoms with Gasteiger partial charge >= 0.3 is 0 Å². The van der Waals surface area contributed by atoms with E-state index in [4.69, 9.17) is 9.72 Å². The summed E-state index contributed by atoms with van der Waals surface area (Å²) in [6.45, 7) is 10.7. The molecule has 5 aromatic rings. The number of aromatic nitrogens is 3. The average Bonchev–Trinajstić information content (AvgIpc) is 3.20. The lowest BCUT2D eigenvalue weighted by Crippen LogP contribution is -2.23. The number of aryl methyl sites for hydroxylation is 2. The highest BCUT2D eigenvalue weighted by atomic mass is 79.9. The smallest absolute Gasteiger partial charge is 0.282 e. The number of fused-ring (bicyclic) bond motifs is 1. The third kappa shape index (κ3) is 5.59. The normalized spacial score (nSPS) is 11.7. The van der Waals surface area contributed by atoms with E-state index in [0.29, 0.717) is 23.3 Å². The lowest BCUT2D eigenvalue weighted by Gasteiger charge is -2.12. The summed E-state index contributed by atoms with van der Waals surface area (Å²) in [4.78, 5) is 18.1. The van der Waals surface area contributed by atoms with Crippen LogP contribution in [-0.2, 0) is 6.61 Å². The molecule has 3 aromatic carbocycles. The van der Waals surface area contributed by atoms with E-state index in [2.05, 4.69) is 88.8 Å². The van der Waals surface area contributed by atoms with Gasteiger partial charge in [0.15, 0.2) is 0 Å². The van der Waals surface area contributed by atoms with E-state index in [1.807, 2.05) is 38.1 Å². The van der Waals surface area contributed by atoms with E-state index in [1.165, 1.54) is 10.2 Å². The predicted molar refractivity (Wildman–Crippen MR) is 162 cm³/mol. The van der Waals surface area contributed by atoms with Crippen LogP contribution in [0, 0.1) is 20.8 Å². The zero-order valence-corrected chi connectivity index (χ0v) is 24.4. The van der Waals surface area contributed by atoms with Crippen LogP contribution < -0.4 is 10.3 Å². The second-order valence-electron chi connectivity index (χ2n) is 10.1. The topological polar surface area (TPSA) is 61.4 Å². The zero-order valence-electron chi connectivity index (χ0n) is 22.8. The Balaban J connectivity index is 1.42. The average molecular weight is 584 g/mol. The molecule has 0 N–H and O–H groups in total. The van der Waals surface area contributed by atoms with Crippen LogP contribution >= 0.6 is 15.9 Å². The molecule has 0 aliphatic rings. The maximum absolute atomic E-state index is 13.4. The fourth-order valence-electron chi connectivity index (χ4n) is 4.63. The third-order valence-electron chi connectivity index (χ3n) is 6.75. The Morgan fingerprint density at radius 2 is 1.69 bits per heavy atom. The van der Waals surface area contributed by atoms with Crippen LogP contribution in [0.2, 0.25) is 0 Å². The van der Waals surface area contributed by atoms with E-state index in [9.17, 15) is 4.79 Å². The van der Waals surface area contributed by atoms with Gasteiger partial charge in [0.05, 0.1) is 17.1 Å². The van der Waals surface area contributed by atoms with Gasteiger partial charge < -0.3 is 9.30 Å². The minimum atomic E-state index is -0.184. The minimum Gasteiger partial charge on any atom is -0.489 e. The molecule has 198 valence electrons. The van der Waals surface area contributed by atoms with E-state index in [-0.39, 0.29) is 11.5 Å². The first-order chi connectivity index (χ1) is 18.7. The molecule has 6 nitrogen and oxygen atoms in total. The maximum Gasteiger partial charge on any atom is 0.282 e. The first-order valence-corrected chi connectivity index (χ1v) is 13.7. The van der Waals surface area contributed by atoms with Crippen LogP contribution in [0.5, 0.6) is 5.75 Å². The van der Waals surface area contributed by atoms with Crippen molar-refractivity contribution in [3.63, 3.8) is 0 Å². The molecule has 0 aliphatic carbocycles. The summed E-state index contributed by atoms with van der Waals surface area (Å²) < 4.78 is 10.4. The van der Waals surface area contributed by atoms with Gasteiger partial charge in [-0.3, -0.25) is 4.79 Å². The molecule has 5 rings (SSSR count). The van der Waals surface area contributed by atoms with Crippen molar-refractivity contribution in [1.82, 2.24) is 14.2 Å². The number of ether oxygens (including phenoxy) is 1. The van der Waals surface area contributed by atoms with E-state index >= 15 is 0 Å². The van der Waals surface area contributed by atoms with Crippen molar-refractivity contribution >= 4 is 33.0 Å². The molecule has 0 spiro atoms. The number of nitrogens with zero attached hydrogens (tertiary/aromatic N) is 4. The molecule has 7 heteroatoms. The van der Waals surface area contributed by atoms with Gasteiger partial charge in [0.1, 0.15) is 18.2 Å². The summed E-state index contributed by atoms with van der Waals surface area (Å²) in [5, 5.41) is 5.16. The van der Waals surface area contributed by atoms with Crippen LogP contribution in [-0.4, -0.2) is 20.4 Å². The zero-order chi connectivity index (χ0) is 27.7. The Kier molecular flexibility index (Phi) is 7.53. The summed E-state index contributed by atoms with van der Waals surface area (Å²) >= 11 is 3.46. The second-order valence-corrected chi connectivity index (χ2v) is 11.0. The highest BCUT2D eigenvalue weighted by Gasteiger charge is 2.15. The molecule has 0 amide bonds. The molecule has 0 saturated heterocycles. The summed E-state index contributed by atoms with van der Waals surface area (Å²) in [7, 11) is 0. The Hall–Kier alpha value is -3.97. The number of hydrogen-bond donors (Lipinski definition) is 0. The summed E-state index contributed by atoms with van der Waals surface area (Å²) in [5.41, 5.74) is 6.92. The lowest BCUT2D eigenvalue weighted by molar-refractivity contribution is 0.306. The van der Waals surface area contributed by atoms with Crippen LogP contribution in [0.3, 0.4) is 0 Å². The standard InChI is InChI=1S/C32H31BrN4O2/c1-20(2)31-35-30-15-10-26(33)17-29(30)32(38)37(31)34-18-25-16-22(4)36(23(25)5)27-11-13-28(14-12-27)39-19-24-8-6-21(3)7-9-24/h6-18,20H,19H2,1-5H3. The molecule has 39 heavy (non-hydrogen) atoms. The van der Waals surface area contributed by atoms with Crippen molar-refractivity contribution in [2.24, 2.45) is 5.10 Å². The quantitative estimate of drug-likeness (QED) is 0.187. The summed E-state index contributed by atoms with van der Waals surface area (Å²) in [6.07, 6.45) is 1.75. The van der Waals surface area contributed by atoms with Crippen molar-refractivity contribution in [1.29, 1.82) is 0 Å². The van der Waals surface area contributed by atoms with Gasteiger partial charge in [-0.1, -0.05) is 59.6 Å². The lowest BCUT2D eigenvalue weighted by atomic mass is 10.2. The number of benzene rings is 3. The molecule has 0 bridgehead atoms. The first-order valence-electron chi connectivity index (χ1n) is 13.0. The highest BCUT2D eigenvalue weighted by Crippen LogP contribution is 2.23. The molecule has 0 radical (unpaired) electrons. The second kappa shape index (κ2) is 11.0. The summed E-state index contributed by atoms with van der Waals surface area (Å²) in [5.74, 6) is 1.47. The number of halogens is 1. The van der Waals surface area contributed by atoms with Crippen LogP contribution in [0.1, 0.15) is 53.7 Å². The van der Waals surface area contributed by atoms with Gasteiger partial charge in [-0.15, -0.1) is 0 Å². The molecular formula is C32H31BrN4O2. The molecule has 0 atom stereocenters. The van der Waals surface area contributed by atoms with Gasteiger partial charge in [-0.05, 0) is 74.9 Å². The maximum atomic E-state index is 13.4. The largest absolute Gasteiger partial charge is 0.489 e. The van der Waals surface area contributed by atoms with Crippen LogP contribution in [0.4, 0.5) is 0 Å². The van der Waals surface area contributed by atoms with Crippen molar-refractivity contribution in [2.75, 3.05) is 0 Å². The van der Waals surface area contributed by atoms with Crippen molar-refractivity contribution in [2.45, 2.75) is 47.1 Å². The van der Waals surface area contributed by atoms with E-state index in [1.54, 1.807) is 12.3 Å². The molecular weight excluding hydrogens is 552 g/mol. The van der Waals surface area contributed by atoms with Gasteiger partial charge in [-0.25, -0.2) is 4.98 Å². The Labute approximate surface area is 236 Å². The van der Waals surface area contributed by atoms with Crippen molar-refractivity contribution < 1.29 is 4.74 Å². The molecule has 2 aromatic heterocycles. The predicted octanol–water partition coefficient (Wildman–Crippen LogP) is 7.46. The van der Waals surface area contributed by atoms with Gasteiger partial charge in [0, 0.05) is 33.0 Å². The fourth-order valence-corrected chi connectivity index (χ4v) is 4.99. The molecule has 0 unspecified atom stereocenters. The molecule has 0 saturated carbocycles. The van der Waals surface area contributed by atoms with Crippen molar-refractivity contribution in [3.8, 4) is 11.4 Å². The Bertz CT molecular complexity index is 1730. The molecule has 0 aliphatic heterocycles. The number of rotatable bonds is 7. The summed E-state index contributed by atoms with van der Waals surface area (Å²) in [6, 6.07) is 24.1. The SMILES string of the molecule is Cc1ccc(COc2ccc(-n3c(C)cc(C=Nn4c(C(C)C)nc5ccc(Br)cc5c4=O)c3C)cc2)cc1. The van der Waals surface area contributed by atoms with E-state index in [0.717, 1.165) is 38.4 Å². The monoisotopic (exact) mass is 582 g/mol. The first kappa shape index (κ1) is 26.6. The van der Waals surface area contributed by atoms with Crippen LogP contribution in [0.25, 0.3) is 16.6 Å². The minimum absolute atomic E-state index is 0.0297. The van der Waals surface area contributed by atoms with Crippen LogP contribution in [0.15, 0.2) is 87.2 Å². The highest BCUT2D eigenvalue weighted by molar-refractivity contribution is 9.10. The third-order valence-corrected chi connectivity index (χ3v) is 7.25. The van der Waals surface area contributed by atoms with Gasteiger partial charge in [0.2, 0.25) is 0 Å².